The summed E-state index contributed by atoms with van der Waals surface area (Å²) in [4.78, 5) is 0. The van der Waals surface area contributed by atoms with Crippen LogP contribution in [0.5, 0.6) is 11.5 Å². The number of hydrogen-bond donors (Lipinski definition) is 1. The minimum atomic E-state index is -0.458. The van der Waals surface area contributed by atoms with Crippen LogP contribution >= 0.6 is 0 Å². The van der Waals surface area contributed by atoms with Crippen LogP contribution in [0.1, 0.15) is 31.0 Å². The van der Waals surface area contributed by atoms with Gasteiger partial charge in [0.2, 0.25) is 0 Å². The lowest BCUT2D eigenvalue weighted by molar-refractivity contribution is 0.239. The Kier molecular flexibility index (Phi) is 4.81. The van der Waals surface area contributed by atoms with Crippen LogP contribution in [-0.4, -0.2) is 13.2 Å². The molecule has 0 aliphatic heterocycles. The van der Waals surface area contributed by atoms with Gasteiger partial charge in [-0.15, -0.1) is 0 Å². The summed E-state index contributed by atoms with van der Waals surface area (Å²) < 4.78 is 24.5. The van der Waals surface area contributed by atoms with Gasteiger partial charge in [0, 0.05) is 5.56 Å². The van der Waals surface area contributed by atoms with Gasteiger partial charge in [0.05, 0.1) is 19.3 Å². The minimum Gasteiger partial charge on any atom is -0.494 e. The Morgan fingerprint density at radius 2 is 1.76 bits per heavy atom. The number of halogens is 1. The largest absolute Gasteiger partial charge is 0.494 e. The molecule has 2 rings (SSSR count). The third-order valence-electron chi connectivity index (χ3n) is 3.15. The average molecular weight is 289 g/mol. The minimum absolute atomic E-state index is 0.0472. The Morgan fingerprint density at radius 3 is 2.38 bits per heavy atom. The molecule has 0 aromatic heterocycles. The Bertz CT molecular complexity index is 613. The van der Waals surface area contributed by atoms with E-state index in [1.54, 1.807) is 12.1 Å². The Balaban J connectivity index is 2.35. The predicted octanol–water partition coefficient (Wildman–Crippen LogP) is 3.67. The predicted molar refractivity (Wildman–Crippen MR) is 81.2 cm³/mol. The number of para-hydroxylation sites is 1. The third kappa shape index (κ3) is 3.52. The number of rotatable bonds is 5. The number of ether oxygens (including phenoxy) is 2. The van der Waals surface area contributed by atoms with Crippen LogP contribution in [0, 0.1) is 5.82 Å². The molecule has 2 N–H and O–H groups in total. The van der Waals surface area contributed by atoms with E-state index in [2.05, 4.69) is 0 Å². The first kappa shape index (κ1) is 15.3. The van der Waals surface area contributed by atoms with Gasteiger partial charge in [-0.3, -0.25) is 0 Å². The van der Waals surface area contributed by atoms with E-state index in [4.69, 9.17) is 15.2 Å². The molecule has 0 bridgehead atoms. The first-order valence-corrected chi connectivity index (χ1v) is 6.87. The molecule has 0 radical (unpaired) electrons. The molecule has 0 saturated heterocycles. The monoisotopic (exact) mass is 289 g/mol. The first-order chi connectivity index (χ1) is 10.0. The number of benzene rings is 2. The molecule has 1 unspecified atom stereocenters. The van der Waals surface area contributed by atoms with E-state index in [9.17, 15) is 4.39 Å². The van der Waals surface area contributed by atoms with E-state index in [-0.39, 0.29) is 11.9 Å². The molecule has 4 heteroatoms. The van der Waals surface area contributed by atoms with Crippen LogP contribution in [0.4, 0.5) is 4.39 Å². The van der Waals surface area contributed by atoms with Crippen molar-refractivity contribution >= 4 is 0 Å². The molecule has 0 fully saturated rings. The normalized spacial score (nSPS) is 12.3. The van der Waals surface area contributed by atoms with Crippen molar-refractivity contribution < 1.29 is 13.9 Å². The second kappa shape index (κ2) is 6.59. The van der Waals surface area contributed by atoms with Crippen LogP contribution in [0.2, 0.25) is 0 Å². The SMILES string of the molecule is COc1ccc(C(N)c2ccccc2OC(C)C)cc1F. The summed E-state index contributed by atoms with van der Waals surface area (Å²) in [6.07, 6.45) is 0.0472. The van der Waals surface area contributed by atoms with Crippen LogP contribution in [0.3, 0.4) is 0 Å². The van der Waals surface area contributed by atoms with Gasteiger partial charge in [-0.05, 0) is 37.6 Å². The lowest BCUT2D eigenvalue weighted by Gasteiger charge is -2.19. The van der Waals surface area contributed by atoms with Crippen molar-refractivity contribution in [2.24, 2.45) is 5.73 Å². The number of hydrogen-bond acceptors (Lipinski definition) is 3. The van der Waals surface area contributed by atoms with Crippen molar-refractivity contribution in [3.8, 4) is 11.5 Å². The van der Waals surface area contributed by atoms with E-state index < -0.39 is 11.9 Å². The van der Waals surface area contributed by atoms with Gasteiger partial charge in [-0.2, -0.15) is 0 Å². The zero-order valence-corrected chi connectivity index (χ0v) is 12.5. The lowest BCUT2D eigenvalue weighted by atomic mass is 9.98. The van der Waals surface area contributed by atoms with Gasteiger partial charge in [-0.25, -0.2) is 4.39 Å². The fraction of sp³-hybridized carbons (Fsp3) is 0.294. The molecule has 1 atom stereocenters. The average Bonchev–Trinajstić information content (AvgIpc) is 2.46. The maximum absolute atomic E-state index is 13.8. The Morgan fingerprint density at radius 1 is 1.05 bits per heavy atom. The van der Waals surface area contributed by atoms with Gasteiger partial charge in [-0.1, -0.05) is 24.3 Å². The van der Waals surface area contributed by atoms with E-state index >= 15 is 0 Å². The maximum atomic E-state index is 13.8. The van der Waals surface area contributed by atoms with E-state index in [0.717, 1.165) is 11.3 Å². The van der Waals surface area contributed by atoms with Crippen LogP contribution in [0.25, 0.3) is 0 Å². The summed E-state index contributed by atoms with van der Waals surface area (Å²) >= 11 is 0. The smallest absolute Gasteiger partial charge is 0.165 e. The van der Waals surface area contributed by atoms with Gasteiger partial charge in [0.15, 0.2) is 11.6 Å². The summed E-state index contributed by atoms with van der Waals surface area (Å²) in [5.41, 5.74) is 7.77. The molecule has 0 amide bonds. The van der Waals surface area contributed by atoms with Crippen LogP contribution < -0.4 is 15.2 Å². The highest BCUT2D eigenvalue weighted by Gasteiger charge is 2.16. The molecular formula is C17H20FNO2. The Labute approximate surface area is 124 Å². The molecule has 0 aliphatic rings. The summed E-state index contributed by atoms with van der Waals surface area (Å²) in [7, 11) is 1.43. The molecule has 21 heavy (non-hydrogen) atoms. The highest BCUT2D eigenvalue weighted by molar-refractivity contribution is 5.42. The molecule has 0 heterocycles. The quantitative estimate of drug-likeness (QED) is 0.913. The summed E-state index contributed by atoms with van der Waals surface area (Å²) in [6, 6.07) is 11.8. The van der Waals surface area contributed by atoms with Crippen LogP contribution in [-0.2, 0) is 0 Å². The van der Waals surface area contributed by atoms with E-state index in [1.807, 2.05) is 38.1 Å². The second-order valence-corrected chi connectivity index (χ2v) is 5.08. The van der Waals surface area contributed by atoms with Crippen molar-refractivity contribution in [1.82, 2.24) is 0 Å². The Hall–Kier alpha value is -2.07. The zero-order valence-electron chi connectivity index (χ0n) is 12.5. The van der Waals surface area contributed by atoms with Crippen molar-refractivity contribution in [2.75, 3.05) is 7.11 Å². The third-order valence-corrected chi connectivity index (χ3v) is 3.15. The lowest BCUT2D eigenvalue weighted by Crippen LogP contribution is -2.15. The van der Waals surface area contributed by atoms with Crippen LogP contribution in [0.15, 0.2) is 42.5 Å². The van der Waals surface area contributed by atoms with Gasteiger partial charge < -0.3 is 15.2 Å². The van der Waals surface area contributed by atoms with Crippen molar-refractivity contribution in [3.63, 3.8) is 0 Å². The summed E-state index contributed by atoms with van der Waals surface area (Å²) in [5.74, 6) is 0.501. The fourth-order valence-corrected chi connectivity index (χ4v) is 2.15. The highest BCUT2D eigenvalue weighted by atomic mass is 19.1. The molecular weight excluding hydrogens is 269 g/mol. The zero-order chi connectivity index (χ0) is 15.4. The van der Waals surface area contributed by atoms with Crippen molar-refractivity contribution in [3.05, 3.63) is 59.4 Å². The fourth-order valence-electron chi connectivity index (χ4n) is 2.15. The molecule has 0 saturated carbocycles. The van der Waals surface area contributed by atoms with Gasteiger partial charge >= 0.3 is 0 Å². The highest BCUT2D eigenvalue weighted by Crippen LogP contribution is 2.30. The maximum Gasteiger partial charge on any atom is 0.165 e. The van der Waals surface area contributed by atoms with Gasteiger partial charge in [0.1, 0.15) is 5.75 Å². The summed E-state index contributed by atoms with van der Waals surface area (Å²) in [6.45, 7) is 3.91. The molecule has 0 aliphatic carbocycles. The molecule has 112 valence electrons. The second-order valence-electron chi connectivity index (χ2n) is 5.08. The molecule has 2 aromatic carbocycles. The van der Waals surface area contributed by atoms with Crippen molar-refractivity contribution in [1.29, 1.82) is 0 Å². The number of nitrogens with two attached hydrogens (primary N) is 1. The molecule has 2 aromatic rings. The van der Waals surface area contributed by atoms with E-state index in [1.165, 1.54) is 13.2 Å². The molecule has 3 nitrogen and oxygen atoms in total. The topological polar surface area (TPSA) is 44.5 Å². The van der Waals surface area contributed by atoms with Crippen molar-refractivity contribution in [2.45, 2.75) is 26.0 Å². The number of methoxy groups -OCH3 is 1. The van der Waals surface area contributed by atoms with E-state index in [0.29, 0.717) is 5.56 Å². The summed E-state index contributed by atoms with van der Waals surface area (Å²) in [5, 5.41) is 0. The molecule has 0 spiro atoms. The van der Waals surface area contributed by atoms with Gasteiger partial charge in [0.25, 0.3) is 0 Å². The first-order valence-electron chi connectivity index (χ1n) is 6.87. The standard InChI is InChI=1S/C17H20FNO2/c1-11(2)21-15-7-5-4-6-13(15)17(19)12-8-9-16(20-3)14(18)10-12/h4-11,17H,19H2,1-3H3.